The van der Waals surface area contributed by atoms with Gasteiger partial charge < -0.3 is 41.5 Å². The molecular weight excluding hydrogens is 532 g/mol. The molecule has 1 saturated carbocycles. The first-order chi connectivity index (χ1) is 19.6. The minimum atomic E-state index is -1.35. The molecule has 226 valence electrons. The number of benzene rings is 1. The van der Waals surface area contributed by atoms with Crippen LogP contribution in [0.25, 0.3) is 0 Å². The molecule has 1 aliphatic heterocycles. The van der Waals surface area contributed by atoms with Crippen LogP contribution in [0.5, 0.6) is 0 Å². The van der Waals surface area contributed by atoms with Crippen molar-refractivity contribution in [3.63, 3.8) is 0 Å². The van der Waals surface area contributed by atoms with Crippen LogP contribution in [0.3, 0.4) is 0 Å². The first-order valence-corrected chi connectivity index (χ1v) is 13.9. The molecule has 3 rings (SSSR count). The van der Waals surface area contributed by atoms with Crippen molar-refractivity contribution in [2.75, 3.05) is 51.7 Å². The Hall–Kier alpha value is -3.52. The highest BCUT2D eigenvalue weighted by atomic mass is 16.5. The molecule has 2 fully saturated rings. The number of hydrogen-bond donors (Lipinski definition) is 6. The van der Waals surface area contributed by atoms with Gasteiger partial charge in [0.25, 0.3) is 0 Å². The Labute approximate surface area is 240 Å². The number of carbonyl (C=O) groups is 4. The largest absolute Gasteiger partial charge is 0.461 e. The zero-order valence-electron chi connectivity index (χ0n) is 23.5. The van der Waals surface area contributed by atoms with Gasteiger partial charge in [-0.15, -0.1) is 0 Å². The Kier molecular flexibility index (Phi) is 11.6. The molecule has 1 aromatic rings. The van der Waals surface area contributed by atoms with E-state index in [0.29, 0.717) is 50.0 Å². The molecule has 0 radical (unpaired) electrons. The van der Waals surface area contributed by atoms with Gasteiger partial charge in [-0.25, -0.2) is 4.79 Å². The van der Waals surface area contributed by atoms with Crippen molar-refractivity contribution in [3.8, 4) is 0 Å². The van der Waals surface area contributed by atoms with Crippen LogP contribution in [0.4, 0.5) is 10.5 Å². The first-order valence-electron chi connectivity index (χ1n) is 13.9. The summed E-state index contributed by atoms with van der Waals surface area (Å²) < 4.78 is 5.15. The second kappa shape index (κ2) is 14.9. The minimum Gasteiger partial charge on any atom is -0.461 e. The van der Waals surface area contributed by atoms with Crippen LogP contribution in [0.1, 0.15) is 43.8 Å². The van der Waals surface area contributed by atoms with Crippen LogP contribution >= 0.6 is 0 Å². The van der Waals surface area contributed by atoms with E-state index in [-0.39, 0.29) is 19.6 Å². The Morgan fingerprint density at radius 3 is 2.34 bits per heavy atom. The highest BCUT2D eigenvalue weighted by Gasteiger charge is 2.52. The van der Waals surface area contributed by atoms with E-state index in [1.54, 1.807) is 24.3 Å². The monoisotopic (exact) mass is 574 g/mol. The second-order valence-corrected chi connectivity index (χ2v) is 10.6. The molecule has 7 N–H and O–H groups in total. The molecular formula is C28H42N6O7. The maximum absolute atomic E-state index is 13.2. The lowest BCUT2D eigenvalue weighted by Gasteiger charge is -2.38. The van der Waals surface area contributed by atoms with Gasteiger partial charge in [-0.2, -0.15) is 0 Å². The summed E-state index contributed by atoms with van der Waals surface area (Å²) in [6.07, 6.45) is 1.04. The van der Waals surface area contributed by atoms with E-state index in [1.807, 2.05) is 11.9 Å². The maximum atomic E-state index is 13.2. The van der Waals surface area contributed by atoms with E-state index >= 15 is 0 Å². The van der Waals surface area contributed by atoms with Crippen LogP contribution < -0.4 is 21.7 Å². The van der Waals surface area contributed by atoms with Crippen molar-refractivity contribution in [2.24, 2.45) is 11.1 Å². The van der Waals surface area contributed by atoms with Gasteiger partial charge in [0.05, 0.1) is 0 Å². The molecule has 1 heterocycles. The van der Waals surface area contributed by atoms with E-state index in [2.05, 4.69) is 27.4 Å². The Morgan fingerprint density at radius 2 is 1.78 bits per heavy atom. The molecule has 2 unspecified atom stereocenters. The molecule has 1 saturated heterocycles. The molecule has 41 heavy (non-hydrogen) atoms. The van der Waals surface area contributed by atoms with Gasteiger partial charge in [0, 0.05) is 38.4 Å². The third-order valence-corrected chi connectivity index (χ3v) is 7.67. The summed E-state index contributed by atoms with van der Waals surface area (Å²) in [5, 5.41) is 29.3. The van der Waals surface area contributed by atoms with Gasteiger partial charge in [0.1, 0.15) is 30.4 Å². The number of likely N-dealkylation sites (N-methyl/N-ethyl adjacent to an activating group) is 1. The van der Waals surface area contributed by atoms with Crippen molar-refractivity contribution >= 4 is 29.5 Å². The highest BCUT2D eigenvalue weighted by molar-refractivity contribution is 6.06. The number of amides is 4. The maximum Gasteiger partial charge on any atom is 0.321 e. The summed E-state index contributed by atoms with van der Waals surface area (Å²) in [5.74, 6) is -1.75. The van der Waals surface area contributed by atoms with Crippen molar-refractivity contribution in [1.82, 2.24) is 20.4 Å². The van der Waals surface area contributed by atoms with E-state index in [0.717, 1.165) is 13.1 Å². The molecule has 1 aliphatic carbocycles. The Bertz CT molecular complexity index is 1070. The lowest BCUT2D eigenvalue weighted by Crippen LogP contribution is -2.56. The third-order valence-electron chi connectivity index (χ3n) is 7.67. The number of esters is 1. The number of rotatable bonds is 14. The number of nitrogens with one attached hydrogen (secondary N) is 3. The van der Waals surface area contributed by atoms with Crippen LogP contribution in [0, 0.1) is 5.41 Å². The van der Waals surface area contributed by atoms with Crippen LogP contribution in [-0.4, -0.2) is 102 Å². The molecule has 13 nitrogen and oxygen atoms in total. The third kappa shape index (κ3) is 8.49. The number of aliphatic hydroxyl groups is 2. The van der Waals surface area contributed by atoms with E-state index < -0.39 is 47.6 Å². The molecule has 2 aliphatic rings. The van der Waals surface area contributed by atoms with Crippen molar-refractivity contribution < 1.29 is 34.1 Å². The number of hydrogen-bond acceptors (Lipinski definition) is 9. The minimum absolute atomic E-state index is 0.0202. The van der Waals surface area contributed by atoms with Gasteiger partial charge in [-0.05, 0) is 50.4 Å². The second-order valence-electron chi connectivity index (χ2n) is 10.6. The number of primary amides is 1. The number of ether oxygens (including phenoxy) is 1. The Balaban J connectivity index is 1.65. The number of aliphatic hydroxyl groups excluding tert-OH is 2. The molecule has 0 aromatic heterocycles. The quantitative estimate of drug-likeness (QED) is 0.0773. The topological polar surface area (TPSA) is 187 Å². The fourth-order valence-electron chi connectivity index (χ4n) is 4.86. The van der Waals surface area contributed by atoms with Crippen LogP contribution in [0.2, 0.25) is 0 Å². The van der Waals surface area contributed by atoms with Crippen LogP contribution in [0.15, 0.2) is 36.9 Å². The predicted octanol–water partition coefficient (Wildman–Crippen LogP) is 0.0571. The lowest BCUT2D eigenvalue weighted by molar-refractivity contribution is -0.167. The fourth-order valence-corrected chi connectivity index (χ4v) is 4.86. The smallest absolute Gasteiger partial charge is 0.321 e. The normalized spacial score (nSPS) is 19.1. The number of nitrogens with zero attached hydrogens (tertiary/aromatic N) is 2. The molecule has 0 bridgehead atoms. The van der Waals surface area contributed by atoms with Crippen molar-refractivity contribution in [2.45, 2.75) is 50.5 Å². The summed E-state index contributed by atoms with van der Waals surface area (Å²) in [4.78, 5) is 54.1. The van der Waals surface area contributed by atoms with E-state index in [9.17, 15) is 29.4 Å². The average Bonchev–Trinajstić information content (AvgIpc) is 2.92. The average molecular weight is 575 g/mol. The summed E-state index contributed by atoms with van der Waals surface area (Å²) in [6, 6.07) is 4.72. The van der Waals surface area contributed by atoms with Gasteiger partial charge in [0.2, 0.25) is 11.8 Å². The predicted molar refractivity (Wildman–Crippen MR) is 151 cm³/mol. The molecule has 4 amide bonds. The number of anilines is 1. The summed E-state index contributed by atoms with van der Waals surface area (Å²) in [6.45, 7) is 6.56. The number of urea groups is 1. The molecule has 1 aromatic carbocycles. The standard InChI is InChI=1S/C28H42N6O7/c1-3-18-41-26(39)28(11-5-12-28)25(38)32-21(6-4-13-30-27(29)40)23(36)31-20-9-7-19(8-10-20)22(35)24(37)34-16-14-33(2)15-17-34/h3,7-10,21-22,24,35,37H,1,4-6,11-18H2,2H3,(H,31,36)(H,32,38)(H3,29,30,40)/t21-,22?,24?/m0/s1. The number of piperazine rings is 1. The van der Waals surface area contributed by atoms with Gasteiger partial charge in [-0.3, -0.25) is 19.3 Å². The zero-order chi connectivity index (χ0) is 30.0. The van der Waals surface area contributed by atoms with Gasteiger partial charge in [0.15, 0.2) is 0 Å². The SMILES string of the molecule is C=CCOC(=O)C1(C(=O)N[C@@H](CCCNC(N)=O)C(=O)Nc2ccc(C(O)C(O)N3CCN(C)CC3)cc2)CCC1. The number of carbonyl (C=O) groups excluding carboxylic acids is 4. The molecule has 3 atom stereocenters. The summed E-state index contributed by atoms with van der Waals surface area (Å²) >= 11 is 0. The Morgan fingerprint density at radius 1 is 1.12 bits per heavy atom. The highest BCUT2D eigenvalue weighted by Crippen LogP contribution is 2.42. The zero-order valence-corrected chi connectivity index (χ0v) is 23.5. The first kappa shape index (κ1) is 32.0. The lowest BCUT2D eigenvalue weighted by atomic mass is 9.68. The van der Waals surface area contributed by atoms with Gasteiger partial charge in [-0.1, -0.05) is 31.2 Å². The fraction of sp³-hybridized carbons (Fsp3) is 0.571. The van der Waals surface area contributed by atoms with Crippen molar-refractivity contribution in [3.05, 3.63) is 42.5 Å². The van der Waals surface area contributed by atoms with E-state index in [4.69, 9.17) is 10.5 Å². The number of nitrogens with two attached hydrogens (primary N) is 1. The molecule has 13 heteroatoms. The van der Waals surface area contributed by atoms with Crippen molar-refractivity contribution in [1.29, 1.82) is 0 Å². The van der Waals surface area contributed by atoms with E-state index in [1.165, 1.54) is 6.08 Å². The van der Waals surface area contributed by atoms with Crippen LogP contribution in [-0.2, 0) is 19.1 Å². The van der Waals surface area contributed by atoms with Gasteiger partial charge >= 0.3 is 12.0 Å². The summed E-state index contributed by atoms with van der Waals surface area (Å²) in [7, 11) is 2.00. The molecule has 0 spiro atoms. The summed E-state index contributed by atoms with van der Waals surface area (Å²) in [5.41, 5.74) is 4.66.